The Labute approximate surface area is 431 Å². The lowest BCUT2D eigenvalue weighted by atomic mass is 10.0. The molecule has 0 fully saturated rings. The Bertz CT molecular complexity index is 1370. The maximum atomic E-state index is 12.7. The summed E-state index contributed by atoms with van der Waals surface area (Å²) in [5.74, 6) is -0.837. The van der Waals surface area contributed by atoms with Crippen LogP contribution >= 0.6 is 7.82 Å². The molecule has 0 aliphatic heterocycles. The van der Waals surface area contributed by atoms with E-state index in [1.165, 1.54) is 141 Å². The van der Waals surface area contributed by atoms with Gasteiger partial charge >= 0.3 is 19.8 Å². The highest BCUT2D eigenvalue weighted by molar-refractivity contribution is 7.47. The quantitative estimate of drug-likeness (QED) is 0.0264. The predicted octanol–water partition coefficient (Wildman–Crippen LogP) is 18.1. The van der Waals surface area contributed by atoms with Crippen molar-refractivity contribution in [2.45, 2.75) is 270 Å². The maximum absolute atomic E-state index is 12.7. The van der Waals surface area contributed by atoms with E-state index in [9.17, 15) is 19.0 Å². The summed E-state index contributed by atoms with van der Waals surface area (Å²) in [7, 11) is -4.39. The minimum absolute atomic E-state index is 0.0505. The highest BCUT2D eigenvalue weighted by Crippen LogP contribution is 2.43. The van der Waals surface area contributed by atoms with Crippen LogP contribution in [0.3, 0.4) is 0 Å². The van der Waals surface area contributed by atoms with Gasteiger partial charge in [0.05, 0.1) is 13.2 Å². The monoisotopic (exact) mass is 1000 g/mol. The number of carbonyl (C=O) groups is 2. The number of rotatable bonds is 54. The summed E-state index contributed by atoms with van der Waals surface area (Å²) in [6, 6.07) is 0. The maximum Gasteiger partial charge on any atom is 0.472 e. The van der Waals surface area contributed by atoms with Crippen LogP contribution < -0.4 is 5.73 Å². The molecule has 406 valence electrons. The number of phosphoric ester groups is 1. The minimum atomic E-state index is -4.39. The van der Waals surface area contributed by atoms with Crippen molar-refractivity contribution in [2.75, 3.05) is 26.4 Å². The molecule has 0 aromatic carbocycles. The van der Waals surface area contributed by atoms with Crippen LogP contribution in [0, 0.1) is 0 Å². The van der Waals surface area contributed by atoms with Crippen LogP contribution in [-0.4, -0.2) is 49.3 Å². The Kier molecular flexibility index (Phi) is 53.7. The second kappa shape index (κ2) is 55.8. The van der Waals surface area contributed by atoms with Gasteiger partial charge in [-0.15, -0.1) is 0 Å². The molecule has 0 bridgehead atoms. The number of esters is 2. The van der Waals surface area contributed by atoms with E-state index >= 15 is 0 Å². The van der Waals surface area contributed by atoms with Crippen LogP contribution in [0.5, 0.6) is 0 Å². The summed E-state index contributed by atoms with van der Waals surface area (Å²) >= 11 is 0. The Hall–Kier alpha value is -2.55. The number of carbonyl (C=O) groups excluding carboxylic acids is 2. The molecule has 3 N–H and O–H groups in total. The number of phosphoric acid groups is 1. The standard InChI is InChI=1S/C60H108NO8P/c1-3-5-7-9-11-13-15-17-19-21-22-23-24-25-26-27-28-29-30-31-32-33-34-35-36-37-39-41-43-45-47-49-51-53-60(63)69-58(57-68-70(64,65)67-55-54-61)56-66-59(62)52-50-48-46-44-42-40-38-20-18-16-14-12-10-8-6-4-2/h5,7,11,13-14,16-17,19-20,22-23,38,58H,3-4,6,8-10,12,15,18,21,24-37,39-57,61H2,1-2H3,(H,64,65)/b7-5-,13-11-,16-14-,19-17-,23-22-,38-20-. The Morgan fingerprint density at radius 2 is 0.786 bits per heavy atom. The van der Waals surface area contributed by atoms with Crippen molar-refractivity contribution in [2.24, 2.45) is 5.73 Å². The number of unbranched alkanes of at least 4 members (excludes halogenated alkanes) is 29. The molecule has 2 atom stereocenters. The first-order valence-corrected chi connectivity index (χ1v) is 30.4. The molecule has 0 amide bonds. The molecule has 10 heteroatoms. The fourth-order valence-electron chi connectivity index (χ4n) is 8.07. The van der Waals surface area contributed by atoms with Gasteiger partial charge in [0.15, 0.2) is 6.10 Å². The van der Waals surface area contributed by atoms with E-state index in [0.29, 0.717) is 12.8 Å². The average molecular weight is 1000 g/mol. The number of ether oxygens (including phenoxy) is 2. The summed E-state index contributed by atoms with van der Waals surface area (Å²) in [6.45, 7) is 3.62. The summed E-state index contributed by atoms with van der Waals surface area (Å²) < 4.78 is 33.0. The lowest BCUT2D eigenvalue weighted by Gasteiger charge is -2.19. The van der Waals surface area contributed by atoms with Crippen LogP contribution in [0.2, 0.25) is 0 Å². The van der Waals surface area contributed by atoms with Gasteiger partial charge in [-0.3, -0.25) is 18.6 Å². The molecule has 0 radical (unpaired) electrons. The van der Waals surface area contributed by atoms with Crippen LogP contribution in [-0.2, 0) is 32.7 Å². The van der Waals surface area contributed by atoms with Crippen LogP contribution in [0.25, 0.3) is 0 Å². The summed E-state index contributed by atoms with van der Waals surface area (Å²) in [5.41, 5.74) is 5.38. The lowest BCUT2D eigenvalue weighted by molar-refractivity contribution is -0.161. The Morgan fingerprint density at radius 1 is 0.443 bits per heavy atom. The fraction of sp³-hybridized carbons (Fsp3) is 0.767. The molecule has 0 aliphatic carbocycles. The van der Waals surface area contributed by atoms with Gasteiger partial charge in [0.2, 0.25) is 0 Å². The summed E-state index contributed by atoms with van der Waals surface area (Å²) in [6.07, 6.45) is 71.1. The SMILES string of the molecule is CC/C=C\C/C=C\C/C=C\C/C=C\CCCCCCCCCCCCCCCCCCCCCCC(=O)OC(COC(=O)CCCCCCC/C=C\C/C=C\CCCCCC)COP(=O)(O)OCCN. The van der Waals surface area contributed by atoms with Crippen molar-refractivity contribution in [3.8, 4) is 0 Å². The van der Waals surface area contributed by atoms with Crippen LogP contribution in [0.15, 0.2) is 72.9 Å². The second-order valence-corrected chi connectivity index (χ2v) is 20.6. The fourth-order valence-corrected chi connectivity index (χ4v) is 8.84. The van der Waals surface area contributed by atoms with Gasteiger partial charge in [-0.2, -0.15) is 0 Å². The average Bonchev–Trinajstić information content (AvgIpc) is 3.35. The van der Waals surface area contributed by atoms with Gasteiger partial charge in [0, 0.05) is 19.4 Å². The third kappa shape index (κ3) is 54.8. The van der Waals surface area contributed by atoms with Crippen LogP contribution in [0.1, 0.15) is 264 Å². The highest BCUT2D eigenvalue weighted by Gasteiger charge is 2.26. The zero-order valence-electron chi connectivity index (χ0n) is 45.2. The molecule has 0 aromatic rings. The molecule has 9 nitrogen and oxygen atoms in total. The first-order valence-electron chi connectivity index (χ1n) is 28.9. The molecule has 2 unspecified atom stereocenters. The molecule has 0 heterocycles. The number of hydrogen-bond donors (Lipinski definition) is 2. The van der Waals surface area contributed by atoms with E-state index in [1.54, 1.807) is 0 Å². The molecule has 0 aromatic heterocycles. The highest BCUT2D eigenvalue weighted by atomic mass is 31.2. The van der Waals surface area contributed by atoms with Crippen molar-refractivity contribution >= 4 is 19.8 Å². The summed E-state index contributed by atoms with van der Waals surface area (Å²) in [4.78, 5) is 35.1. The first-order chi connectivity index (χ1) is 34.3. The van der Waals surface area contributed by atoms with E-state index in [0.717, 1.165) is 83.5 Å². The van der Waals surface area contributed by atoms with E-state index in [4.69, 9.17) is 24.3 Å². The van der Waals surface area contributed by atoms with Gasteiger partial charge in [-0.1, -0.05) is 241 Å². The zero-order chi connectivity index (χ0) is 51.0. The van der Waals surface area contributed by atoms with Gasteiger partial charge in [-0.05, 0) is 83.5 Å². The smallest absolute Gasteiger partial charge is 0.462 e. The van der Waals surface area contributed by atoms with Crippen molar-refractivity contribution in [3.05, 3.63) is 72.9 Å². The Balaban J connectivity index is 3.89. The normalized spacial score (nSPS) is 13.6. The van der Waals surface area contributed by atoms with Crippen LogP contribution in [0.4, 0.5) is 0 Å². The number of nitrogens with two attached hydrogens (primary N) is 1. The topological polar surface area (TPSA) is 134 Å². The summed E-state index contributed by atoms with van der Waals surface area (Å²) in [5, 5.41) is 0. The van der Waals surface area contributed by atoms with Gasteiger partial charge in [0.1, 0.15) is 6.61 Å². The molecule has 0 rings (SSSR count). The van der Waals surface area contributed by atoms with Crippen molar-refractivity contribution in [1.82, 2.24) is 0 Å². The third-order valence-corrected chi connectivity index (χ3v) is 13.3. The third-order valence-electron chi connectivity index (χ3n) is 12.3. The molecule has 0 spiro atoms. The van der Waals surface area contributed by atoms with E-state index in [-0.39, 0.29) is 32.6 Å². The zero-order valence-corrected chi connectivity index (χ0v) is 46.1. The van der Waals surface area contributed by atoms with E-state index in [1.807, 2.05) is 0 Å². The molecule has 0 aliphatic rings. The van der Waals surface area contributed by atoms with Crippen molar-refractivity contribution < 1.29 is 37.6 Å². The molecule has 70 heavy (non-hydrogen) atoms. The molecule has 0 saturated carbocycles. The number of allylic oxidation sites excluding steroid dienone is 12. The molecule has 0 saturated heterocycles. The Morgan fingerprint density at radius 3 is 1.17 bits per heavy atom. The lowest BCUT2D eigenvalue weighted by Crippen LogP contribution is -2.29. The predicted molar refractivity (Wildman–Crippen MR) is 298 cm³/mol. The van der Waals surface area contributed by atoms with Gasteiger partial charge in [-0.25, -0.2) is 4.57 Å². The van der Waals surface area contributed by atoms with Gasteiger partial charge < -0.3 is 20.1 Å². The van der Waals surface area contributed by atoms with Gasteiger partial charge in [0.25, 0.3) is 0 Å². The second-order valence-electron chi connectivity index (χ2n) is 19.1. The molecular formula is C60H108NO8P. The molecular weight excluding hydrogens is 894 g/mol. The first kappa shape index (κ1) is 67.5. The van der Waals surface area contributed by atoms with E-state index in [2.05, 4.69) is 86.8 Å². The van der Waals surface area contributed by atoms with Crippen molar-refractivity contribution in [3.63, 3.8) is 0 Å². The largest absolute Gasteiger partial charge is 0.472 e. The van der Waals surface area contributed by atoms with Crippen molar-refractivity contribution in [1.29, 1.82) is 0 Å². The number of hydrogen-bond acceptors (Lipinski definition) is 8. The minimum Gasteiger partial charge on any atom is -0.462 e. The van der Waals surface area contributed by atoms with E-state index < -0.39 is 32.5 Å².